The number of amides is 1. The van der Waals surface area contributed by atoms with E-state index in [4.69, 9.17) is 4.74 Å². The minimum absolute atomic E-state index is 0.205. The fraction of sp³-hybridized carbons (Fsp3) is 0.389. The van der Waals surface area contributed by atoms with Crippen molar-refractivity contribution in [3.8, 4) is 0 Å². The first-order valence-corrected chi connectivity index (χ1v) is 7.74. The summed E-state index contributed by atoms with van der Waals surface area (Å²) < 4.78 is 33.3. The maximum Gasteiger partial charge on any atom is 0.268 e. The van der Waals surface area contributed by atoms with Crippen molar-refractivity contribution in [2.75, 3.05) is 20.3 Å². The van der Waals surface area contributed by atoms with E-state index in [9.17, 15) is 13.6 Å². The number of ether oxygens (including phenoxy) is 1. The van der Waals surface area contributed by atoms with Gasteiger partial charge in [0.15, 0.2) is 11.6 Å². The molecule has 2 rings (SSSR count). The van der Waals surface area contributed by atoms with E-state index < -0.39 is 11.6 Å². The topological polar surface area (TPSA) is 43.3 Å². The average Bonchev–Trinajstić information content (AvgIpc) is 2.75. The molecule has 1 N–H and O–H groups in total. The Hall–Kier alpha value is -2.21. The Morgan fingerprint density at radius 2 is 1.88 bits per heavy atom. The van der Waals surface area contributed by atoms with Gasteiger partial charge in [0.25, 0.3) is 5.91 Å². The van der Waals surface area contributed by atoms with E-state index in [1.807, 2.05) is 25.3 Å². The van der Waals surface area contributed by atoms with Crippen molar-refractivity contribution in [2.24, 2.45) is 0 Å². The number of rotatable bonds is 6. The van der Waals surface area contributed by atoms with Gasteiger partial charge in [-0.05, 0) is 49.6 Å². The molecule has 0 unspecified atom stereocenters. The van der Waals surface area contributed by atoms with Gasteiger partial charge in [-0.3, -0.25) is 4.79 Å². The standard InChI is InChI=1S/C18H22F2N2O2/c1-11-12(2)17(18(23)21-7-8-24-4)22(13(11)3)10-14-5-6-15(19)16(20)9-14/h5-6,9H,7-8,10H2,1-4H3,(H,21,23). The lowest BCUT2D eigenvalue weighted by molar-refractivity contribution is 0.0927. The molecular formula is C18H22F2N2O2. The monoisotopic (exact) mass is 336 g/mol. The van der Waals surface area contributed by atoms with E-state index in [1.54, 1.807) is 7.11 Å². The SMILES string of the molecule is COCCNC(=O)c1c(C)c(C)c(C)n1Cc1ccc(F)c(F)c1. The number of carbonyl (C=O) groups excluding carboxylic acids is 1. The van der Waals surface area contributed by atoms with Crippen molar-refractivity contribution in [3.63, 3.8) is 0 Å². The van der Waals surface area contributed by atoms with E-state index in [0.29, 0.717) is 31.0 Å². The van der Waals surface area contributed by atoms with Crippen molar-refractivity contribution in [1.82, 2.24) is 9.88 Å². The number of methoxy groups -OCH3 is 1. The van der Waals surface area contributed by atoms with Crippen molar-refractivity contribution in [1.29, 1.82) is 0 Å². The zero-order valence-electron chi connectivity index (χ0n) is 14.4. The van der Waals surface area contributed by atoms with Gasteiger partial charge >= 0.3 is 0 Å². The summed E-state index contributed by atoms with van der Waals surface area (Å²) >= 11 is 0. The second-order valence-electron chi connectivity index (χ2n) is 5.77. The second kappa shape index (κ2) is 7.57. The summed E-state index contributed by atoms with van der Waals surface area (Å²) in [5.74, 6) is -1.98. The Morgan fingerprint density at radius 3 is 2.50 bits per heavy atom. The van der Waals surface area contributed by atoms with E-state index in [0.717, 1.165) is 29.0 Å². The van der Waals surface area contributed by atoms with Crippen LogP contribution in [0.3, 0.4) is 0 Å². The summed E-state index contributed by atoms with van der Waals surface area (Å²) in [6, 6.07) is 3.78. The highest BCUT2D eigenvalue weighted by atomic mass is 19.2. The molecule has 0 atom stereocenters. The van der Waals surface area contributed by atoms with Crippen molar-refractivity contribution >= 4 is 5.91 Å². The molecule has 1 heterocycles. The summed E-state index contributed by atoms with van der Waals surface area (Å²) in [6.07, 6.45) is 0. The van der Waals surface area contributed by atoms with E-state index in [1.165, 1.54) is 6.07 Å². The van der Waals surface area contributed by atoms with Gasteiger partial charge in [0.1, 0.15) is 5.69 Å². The van der Waals surface area contributed by atoms with Gasteiger partial charge in [-0.15, -0.1) is 0 Å². The predicted molar refractivity (Wildman–Crippen MR) is 88.3 cm³/mol. The molecule has 0 aliphatic carbocycles. The zero-order chi connectivity index (χ0) is 17.9. The lowest BCUT2D eigenvalue weighted by atomic mass is 10.1. The van der Waals surface area contributed by atoms with Gasteiger partial charge in [0.05, 0.1) is 6.61 Å². The highest BCUT2D eigenvalue weighted by Gasteiger charge is 2.20. The lowest BCUT2D eigenvalue weighted by Crippen LogP contribution is -2.29. The van der Waals surface area contributed by atoms with Crippen LogP contribution in [0.15, 0.2) is 18.2 Å². The fourth-order valence-electron chi connectivity index (χ4n) is 2.68. The summed E-state index contributed by atoms with van der Waals surface area (Å²) in [5.41, 5.74) is 3.94. The van der Waals surface area contributed by atoms with Crippen LogP contribution in [0.25, 0.3) is 0 Å². The molecule has 0 saturated heterocycles. The number of carbonyl (C=O) groups is 1. The van der Waals surface area contributed by atoms with Crippen LogP contribution in [0.4, 0.5) is 8.78 Å². The van der Waals surface area contributed by atoms with Gasteiger partial charge in [-0.2, -0.15) is 0 Å². The average molecular weight is 336 g/mol. The molecule has 0 spiro atoms. The Labute approximate surface area is 140 Å². The molecule has 1 aromatic heterocycles. The number of benzene rings is 1. The normalized spacial score (nSPS) is 10.9. The predicted octanol–water partition coefficient (Wildman–Crippen LogP) is 3.12. The maximum atomic E-state index is 13.5. The summed E-state index contributed by atoms with van der Waals surface area (Å²) in [7, 11) is 1.57. The molecule has 0 fully saturated rings. The quantitative estimate of drug-likeness (QED) is 0.824. The van der Waals surface area contributed by atoms with E-state index in [-0.39, 0.29) is 5.91 Å². The van der Waals surface area contributed by atoms with Crippen molar-refractivity contribution in [3.05, 3.63) is 57.9 Å². The highest BCUT2D eigenvalue weighted by molar-refractivity contribution is 5.95. The molecule has 6 heteroatoms. The van der Waals surface area contributed by atoms with Crippen molar-refractivity contribution in [2.45, 2.75) is 27.3 Å². The van der Waals surface area contributed by atoms with Crippen LogP contribution in [0.1, 0.15) is 32.9 Å². The Balaban J connectivity index is 2.36. The number of nitrogens with zero attached hydrogens (tertiary/aromatic N) is 1. The number of aromatic nitrogens is 1. The summed E-state index contributed by atoms with van der Waals surface area (Å²) in [6.45, 7) is 6.86. The zero-order valence-corrected chi connectivity index (χ0v) is 14.4. The Morgan fingerprint density at radius 1 is 1.17 bits per heavy atom. The first-order chi connectivity index (χ1) is 11.4. The molecule has 0 radical (unpaired) electrons. The first kappa shape index (κ1) is 18.1. The Kier molecular flexibility index (Phi) is 5.72. The van der Waals surface area contributed by atoms with Gasteiger partial charge in [-0.25, -0.2) is 8.78 Å². The van der Waals surface area contributed by atoms with Gasteiger partial charge < -0.3 is 14.6 Å². The molecule has 0 saturated carbocycles. The largest absolute Gasteiger partial charge is 0.383 e. The third-order valence-corrected chi connectivity index (χ3v) is 4.27. The summed E-state index contributed by atoms with van der Waals surface area (Å²) in [5, 5.41) is 2.81. The molecule has 24 heavy (non-hydrogen) atoms. The first-order valence-electron chi connectivity index (χ1n) is 7.74. The molecule has 1 aromatic carbocycles. The highest BCUT2D eigenvalue weighted by Crippen LogP contribution is 2.23. The minimum atomic E-state index is -0.892. The third-order valence-electron chi connectivity index (χ3n) is 4.27. The van der Waals surface area contributed by atoms with Crippen LogP contribution >= 0.6 is 0 Å². The number of hydrogen-bond donors (Lipinski definition) is 1. The minimum Gasteiger partial charge on any atom is -0.383 e. The number of halogens is 2. The van der Waals surface area contributed by atoms with Crippen LogP contribution in [0.5, 0.6) is 0 Å². The van der Waals surface area contributed by atoms with Crippen LogP contribution in [-0.2, 0) is 11.3 Å². The lowest BCUT2D eigenvalue weighted by Gasteiger charge is -2.13. The van der Waals surface area contributed by atoms with Crippen LogP contribution in [-0.4, -0.2) is 30.7 Å². The number of hydrogen-bond acceptors (Lipinski definition) is 2. The smallest absolute Gasteiger partial charge is 0.268 e. The van der Waals surface area contributed by atoms with E-state index >= 15 is 0 Å². The third kappa shape index (κ3) is 3.64. The Bertz CT molecular complexity index is 754. The van der Waals surface area contributed by atoms with Gasteiger partial charge in [0, 0.05) is 25.9 Å². The number of nitrogens with one attached hydrogen (secondary N) is 1. The molecule has 0 aliphatic heterocycles. The maximum absolute atomic E-state index is 13.5. The molecule has 4 nitrogen and oxygen atoms in total. The fourth-order valence-corrected chi connectivity index (χ4v) is 2.68. The molecule has 2 aromatic rings. The van der Waals surface area contributed by atoms with Gasteiger partial charge in [-0.1, -0.05) is 6.07 Å². The molecule has 0 bridgehead atoms. The van der Waals surface area contributed by atoms with Crippen LogP contribution < -0.4 is 5.32 Å². The van der Waals surface area contributed by atoms with Gasteiger partial charge in [0.2, 0.25) is 0 Å². The molecular weight excluding hydrogens is 314 g/mol. The second-order valence-corrected chi connectivity index (χ2v) is 5.77. The summed E-state index contributed by atoms with van der Waals surface area (Å²) in [4.78, 5) is 12.5. The van der Waals surface area contributed by atoms with Crippen molar-refractivity contribution < 1.29 is 18.3 Å². The van der Waals surface area contributed by atoms with Crippen LogP contribution in [0, 0.1) is 32.4 Å². The van der Waals surface area contributed by atoms with E-state index in [2.05, 4.69) is 5.32 Å². The van der Waals surface area contributed by atoms with Crippen LogP contribution in [0.2, 0.25) is 0 Å². The molecule has 1 amide bonds. The molecule has 0 aliphatic rings. The molecule has 130 valence electrons.